The summed E-state index contributed by atoms with van der Waals surface area (Å²) in [6, 6.07) is 18.4. The van der Waals surface area contributed by atoms with Crippen LogP contribution in [0, 0.1) is 12.8 Å². The highest BCUT2D eigenvalue weighted by molar-refractivity contribution is 5.89. The van der Waals surface area contributed by atoms with E-state index >= 15 is 0 Å². The number of nitrogens with one attached hydrogen (secondary N) is 1. The lowest BCUT2D eigenvalue weighted by molar-refractivity contribution is -0.129. The van der Waals surface area contributed by atoms with E-state index in [0.29, 0.717) is 19.5 Å². The number of amides is 2. The Balaban J connectivity index is 1.43. The molecule has 0 radical (unpaired) electrons. The van der Waals surface area contributed by atoms with Crippen molar-refractivity contribution < 1.29 is 9.59 Å². The van der Waals surface area contributed by atoms with Crippen LogP contribution in [0.1, 0.15) is 29.5 Å². The van der Waals surface area contributed by atoms with Crippen LogP contribution in [0.2, 0.25) is 0 Å². The maximum absolute atomic E-state index is 12.4. The zero-order chi connectivity index (χ0) is 18.4. The SMILES string of the molecule is Cc1ccc(CNC(=O)C2CC(=O)N(CCCc3ccccc3)C2)cc1. The Labute approximate surface area is 155 Å². The minimum atomic E-state index is -0.232. The Kier molecular flexibility index (Phi) is 6.05. The fraction of sp³-hybridized carbons (Fsp3) is 0.364. The number of benzene rings is 2. The van der Waals surface area contributed by atoms with Gasteiger partial charge < -0.3 is 10.2 Å². The van der Waals surface area contributed by atoms with Gasteiger partial charge in [0.1, 0.15) is 0 Å². The zero-order valence-electron chi connectivity index (χ0n) is 15.3. The Morgan fingerprint density at radius 1 is 1.08 bits per heavy atom. The van der Waals surface area contributed by atoms with E-state index in [1.54, 1.807) is 0 Å². The monoisotopic (exact) mass is 350 g/mol. The molecule has 4 nitrogen and oxygen atoms in total. The van der Waals surface area contributed by atoms with Gasteiger partial charge in [0, 0.05) is 26.1 Å². The van der Waals surface area contributed by atoms with Crippen LogP contribution >= 0.6 is 0 Å². The molecule has 4 heteroatoms. The molecule has 1 fully saturated rings. The second-order valence-corrected chi connectivity index (χ2v) is 7.03. The second-order valence-electron chi connectivity index (χ2n) is 7.03. The van der Waals surface area contributed by atoms with Crippen LogP contribution in [-0.2, 0) is 22.6 Å². The number of hydrogen-bond acceptors (Lipinski definition) is 2. The first-order valence-electron chi connectivity index (χ1n) is 9.27. The predicted octanol–water partition coefficient (Wildman–Crippen LogP) is 3.09. The van der Waals surface area contributed by atoms with Crippen LogP contribution < -0.4 is 5.32 Å². The molecule has 0 aromatic heterocycles. The van der Waals surface area contributed by atoms with E-state index < -0.39 is 0 Å². The molecule has 1 atom stereocenters. The molecule has 26 heavy (non-hydrogen) atoms. The van der Waals surface area contributed by atoms with Crippen LogP contribution in [-0.4, -0.2) is 29.8 Å². The number of likely N-dealkylation sites (tertiary alicyclic amines) is 1. The number of nitrogens with zero attached hydrogens (tertiary/aromatic N) is 1. The fourth-order valence-corrected chi connectivity index (χ4v) is 3.32. The second kappa shape index (κ2) is 8.65. The minimum Gasteiger partial charge on any atom is -0.352 e. The van der Waals surface area contributed by atoms with Crippen LogP contribution in [0.15, 0.2) is 54.6 Å². The van der Waals surface area contributed by atoms with Gasteiger partial charge in [-0.2, -0.15) is 0 Å². The van der Waals surface area contributed by atoms with Crippen molar-refractivity contribution in [2.75, 3.05) is 13.1 Å². The first-order chi connectivity index (χ1) is 12.6. The fourth-order valence-electron chi connectivity index (χ4n) is 3.32. The van der Waals surface area contributed by atoms with Gasteiger partial charge in [-0.05, 0) is 30.9 Å². The molecule has 2 aromatic carbocycles. The third-order valence-corrected chi connectivity index (χ3v) is 4.91. The van der Waals surface area contributed by atoms with Gasteiger partial charge in [0.15, 0.2) is 0 Å². The highest BCUT2D eigenvalue weighted by Gasteiger charge is 2.33. The maximum Gasteiger partial charge on any atom is 0.225 e. The molecule has 136 valence electrons. The molecule has 3 rings (SSSR count). The first kappa shape index (κ1) is 18.2. The highest BCUT2D eigenvalue weighted by atomic mass is 16.2. The van der Waals surface area contributed by atoms with Gasteiger partial charge in [-0.15, -0.1) is 0 Å². The average molecular weight is 350 g/mol. The van der Waals surface area contributed by atoms with Gasteiger partial charge in [-0.25, -0.2) is 0 Å². The van der Waals surface area contributed by atoms with E-state index in [2.05, 4.69) is 17.4 Å². The van der Waals surface area contributed by atoms with Crippen molar-refractivity contribution >= 4 is 11.8 Å². The molecule has 1 N–H and O–H groups in total. The summed E-state index contributed by atoms with van der Waals surface area (Å²) in [6.07, 6.45) is 2.20. The predicted molar refractivity (Wildman–Crippen MR) is 102 cm³/mol. The van der Waals surface area contributed by atoms with Crippen LogP contribution in [0.25, 0.3) is 0 Å². The molecule has 0 bridgehead atoms. The molecule has 1 heterocycles. The first-order valence-corrected chi connectivity index (χ1v) is 9.27. The van der Waals surface area contributed by atoms with E-state index in [9.17, 15) is 9.59 Å². The summed E-state index contributed by atoms with van der Waals surface area (Å²) >= 11 is 0. The van der Waals surface area contributed by atoms with Crippen molar-refractivity contribution in [2.45, 2.75) is 32.7 Å². The van der Waals surface area contributed by atoms with E-state index in [0.717, 1.165) is 24.9 Å². The Morgan fingerprint density at radius 2 is 1.81 bits per heavy atom. The van der Waals surface area contributed by atoms with Gasteiger partial charge in [-0.1, -0.05) is 60.2 Å². The lowest BCUT2D eigenvalue weighted by atomic mass is 10.1. The van der Waals surface area contributed by atoms with Crippen molar-refractivity contribution in [3.8, 4) is 0 Å². The molecule has 1 unspecified atom stereocenters. The third-order valence-electron chi connectivity index (χ3n) is 4.91. The Morgan fingerprint density at radius 3 is 2.54 bits per heavy atom. The Hall–Kier alpha value is -2.62. The zero-order valence-corrected chi connectivity index (χ0v) is 15.3. The topological polar surface area (TPSA) is 49.4 Å². The van der Waals surface area contributed by atoms with E-state index in [4.69, 9.17) is 0 Å². The van der Waals surface area contributed by atoms with E-state index in [-0.39, 0.29) is 17.7 Å². The number of carbonyl (C=O) groups excluding carboxylic acids is 2. The molecular formula is C22H26N2O2. The molecule has 2 amide bonds. The van der Waals surface area contributed by atoms with Gasteiger partial charge in [0.2, 0.25) is 11.8 Å². The van der Waals surface area contributed by atoms with Gasteiger partial charge in [-0.3, -0.25) is 9.59 Å². The maximum atomic E-state index is 12.4. The molecular weight excluding hydrogens is 324 g/mol. The van der Waals surface area contributed by atoms with Gasteiger partial charge in [0.25, 0.3) is 0 Å². The van der Waals surface area contributed by atoms with E-state index in [1.807, 2.05) is 54.3 Å². The summed E-state index contributed by atoms with van der Waals surface area (Å²) in [5, 5.41) is 2.97. The minimum absolute atomic E-state index is 0.0236. The largest absolute Gasteiger partial charge is 0.352 e. The molecule has 1 aliphatic heterocycles. The van der Waals surface area contributed by atoms with Crippen molar-refractivity contribution in [1.29, 1.82) is 0 Å². The summed E-state index contributed by atoms with van der Waals surface area (Å²) in [4.78, 5) is 26.4. The molecule has 1 saturated heterocycles. The lowest BCUT2D eigenvalue weighted by Crippen LogP contribution is -2.33. The van der Waals surface area contributed by atoms with Crippen LogP contribution in [0.5, 0.6) is 0 Å². The van der Waals surface area contributed by atoms with Crippen molar-refractivity contribution in [3.05, 3.63) is 71.3 Å². The number of carbonyl (C=O) groups is 2. The smallest absolute Gasteiger partial charge is 0.225 e. The van der Waals surface area contributed by atoms with Crippen molar-refractivity contribution in [2.24, 2.45) is 5.92 Å². The molecule has 0 spiro atoms. The molecule has 0 aliphatic carbocycles. The van der Waals surface area contributed by atoms with Gasteiger partial charge >= 0.3 is 0 Å². The summed E-state index contributed by atoms with van der Waals surface area (Å²) in [5.74, 6) is -0.164. The summed E-state index contributed by atoms with van der Waals surface area (Å²) in [5.41, 5.74) is 3.56. The normalized spacial score (nSPS) is 16.7. The van der Waals surface area contributed by atoms with Crippen molar-refractivity contribution in [1.82, 2.24) is 10.2 Å². The summed E-state index contributed by atoms with van der Waals surface area (Å²) < 4.78 is 0. The number of hydrogen-bond donors (Lipinski definition) is 1. The van der Waals surface area contributed by atoms with Crippen molar-refractivity contribution in [3.63, 3.8) is 0 Å². The average Bonchev–Trinajstić information content (AvgIpc) is 3.03. The molecule has 1 aliphatic rings. The Bertz CT molecular complexity index is 740. The van der Waals surface area contributed by atoms with Crippen LogP contribution in [0.3, 0.4) is 0 Å². The van der Waals surface area contributed by atoms with Crippen LogP contribution in [0.4, 0.5) is 0 Å². The van der Waals surface area contributed by atoms with E-state index in [1.165, 1.54) is 11.1 Å². The standard InChI is InChI=1S/C22H26N2O2/c1-17-9-11-19(12-10-17)15-23-22(26)20-14-21(25)24(16-20)13-5-8-18-6-3-2-4-7-18/h2-4,6-7,9-12,20H,5,8,13-16H2,1H3,(H,23,26). The summed E-state index contributed by atoms with van der Waals surface area (Å²) in [6.45, 7) is 3.81. The number of rotatable bonds is 7. The molecule has 0 saturated carbocycles. The highest BCUT2D eigenvalue weighted by Crippen LogP contribution is 2.19. The third kappa shape index (κ3) is 4.94. The number of aryl methyl sites for hydroxylation is 2. The molecule has 2 aromatic rings. The quantitative estimate of drug-likeness (QED) is 0.834. The lowest BCUT2D eigenvalue weighted by Gasteiger charge is -2.16. The van der Waals surface area contributed by atoms with Gasteiger partial charge in [0.05, 0.1) is 5.92 Å². The summed E-state index contributed by atoms with van der Waals surface area (Å²) in [7, 11) is 0.